The monoisotopic (exact) mass is 286 g/mol. The van der Waals surface area contributed by atoms with Gasteiger partial charge < -0.3 is 20.4 Å². The molecule has 1 aliphatic rings. The smallest absolute Gasteiger partial charge is 0.329 e. The summed E-state index contributed by atoms with van der Waals surface area (Å²) in [5.74, 6) is -1.04. The first-order valence-electron chi connectivity index (χ1n) is 7.28. The summed E-state index contributed by atoms with van der Waals surface area (Å²) in [6.07, 6.45) is 3.89. The van der Waals surface area contributed by atoms with Crippen molar-refractivity contribution in [1.29, 1.82) is 0 Å². The second-order valence-electron chi connectivity index (χ2n) is 5.85. The summed E-state index contributed by atoms with van der Waals surface area (Å²) in [7, 11) is 1.61. The number of carbonyl (C=O) groups excluding carboxylic acids is 1. The number of aliphatic hydroxyl groups is 1. The molecule has 3 atom stereocenters. The highest BCUT2D eigenvalue weighted by Gasteiger charge is 2.37. The minimum absolute atomic E-state index is 0.233. The van der Waals surface area contributed by atoms with Crippen LogP contribution in [0.5, 0.6) is 0 Å². The summed E-state index contributed by atoms with van der Waals surface area (Å²) < 4.78 is 0. The highest BCUT2D eigenvalue weighted by Crippen LogP contribution is 2.23. The van der Waals surface area contributed by atoms with Crippen LogP contribution in [-0.4, -0.2) is 51.8 Å². The van der Waals surface area contributed by atoms with Crippen molar-refractivity contribution in [3.63, 3.8) is 0 Å². The number of nitrogens with zero attached hydrogens (tertiary/aromatic N) is 1. The van der Waals surface area contributed by atoms with Gasteiger partial charge in [0.05, 0.1) is 12.1 Å². The molecular formula is C14H26N2O4. The second-order valence-corrected chi connectivity index (χ2v) is 5.85. The molecule has 1 rings (SSSR count). The Morgan fingerprint density at radius 2 is 1.95 bits per heavy atom. The second kappa shape index (κ2) is 6.92. The number of rotatable bonds is 5. The van der Waals surface area contributed by atoms with Crippen molar-refractivity contribution in [3.8, 4) is 0 Å². The van der Waals surface area contributed by atoms with Gasteiger partial charge in [-0.15, -0.1) is 0 Å². The quantitative estimate of drug-likeness (QED) is 0.715. The highest BCUT2D eigenvalue weighted by molar-refractivity contribution is 5.85. The molecule has 3 unspecified atom stereocenters. The Labute approximate surface area is 120 Å². The Morgan fingerprint density at radius 3 is 2.45 bits per heavy atom. The summed E-state index contributed by atoms with van der Waals surface area (Å²) in [4.78, 5) is 25.0. The minimum Gasteiger partial charge on any atom is -0.480 e. The van der Waals surface area contributed by atoms with Crippen molar-refractivity contribution in [2.45, 2.75) is 70.1 Å². The van der Waals surface area contributed by atoms with Crippen LogP contribution < -0.4 is 5.32 Å². The molecule has 6 heteroatoms. The van der Waals surface area contributed by atoms with Crippen LogP contribution in [0.1, 0.15) is 52.4 Å². The van der Waals surface area contributed by atoms with Gasteiger partial charge in [0.2, 0.25) is 0 Å². The van der Waals surface area contributed by atoms with Crippen molar-refractivity contribution >= 4 is 12.0 Å². The number of aliphatic hydroxyl groups excluding tert-OH is 1. The Morgan fingerprint density at radius 1 is 1.35 bits per heavy atom. The summed E-state index contributed by atoms with van der Waals surface area (Å²) in [6, 6.07) is -0.669. The third-order valence-corrected chi connectivity index (χ3v) is 4.12. The molecule has 6 nitrogen and oxygen atoms in total. The first kappa shape index (κ1) is 16.8. The lowest BCUT2D eigenvalue weighted by Gasteiger charge is -2.37. The van der Waals surface area contributed by atoms with Gasteiger partial charge in [0.15, 0.2) is 0 Å². The fraction of sp³-hybridized carbons (Fsp3) is 0.857. The van der Waals surface area contributed by atoms with Crippen LogP contribution in [-0.2, 0) is 4.79 Å². The molecule has 1 saturated carbocycles. The first-order chi connectivity index (χ1) is 9.31. The zero-order valence-corrected chi connectivity index (χ0v) is 12.6. The largest absolute Gasteiger partial charge is 0.480 e. The maximum atomic E-state index is 12.2. The third-order valence-electron chi connectivity index (χ3n) is 4.12. The van der Waals surface area contributed by atoms with Crippen molar-refractivity contribution in [3.05, 3.63) is 0 Å². The Balaban J connectivity index is 2.70. The van der Waals surface area contributed by atoms with Gasteiger partial charge in [0, 0.05) is 7.05 Å². The number of urea groups is 1. The standard InChI is InChI=1S/C14H26N2O4/c1-4-9-14(2,12(18)19)15-13(20)16(3)10-7-5-6-8-11(10)17/h10-11,17H,4-9H2,1-3H3,(H,15,20)(H,18,19). The Bertz CT molecular complexity index is 361. The molecule has 20 heavy (non-hydrogen) atoms. The van der Waals surface area contributed by atoms with E-state index in [-0.39, 0.29) is 6.04 Å². The average Bonchev–Trinajstić information content (AvgIpc) is 2.38. The molecule has 1 fully saturated rings. The van der Waals surface area contributed by atoms with E-state index in [2.05, 4.69) is 5.32 Å². The summed E-state index contributed by atoms with van der Waals surface area (Å²) >= 11 is 0. The molecule has 0 aromatic rings. The number of hydrogen-bond donors (Lipinski definition) is 3. The first-order valence-corrected chi connectivity index (χ1v) is 7.28. The number of carboxylic acids is 1. The molecule has 0 aromatic carbocycles. The lowest BCUT2D eigenvalue weighted by Crippen LogP contribution is -2.58. The number of likely N-dealkylation sites (N-methyl/N-ethyl adjacent to an activating group) is 1. The zero-order chi connectivity index (χ0) is 15.3. The van der Waals surface area contributed by atoms with Gasteiger partial charge in [-0.1, -0.05) is 26.2 Å². The lowest BCUT2D eigenvalue weighted by atomic mass is 9.91. The molecule has 0 heterocycles. The minimum atomic E-state index is -1.26. The predicted octanol–water partition coefficient (Wildman–Crippen LogP) is 1.57. The maximum Gasteiger partial charge on any atom is 0.329 e. The predicted molar refractivity (Wildman–Crippen MR) is 75.5 cm³/mol. The maximum absolute atomic E-state index is 12.2. The number of hydrogen-bond acceptors (Lipinski definition) is 3. The van der Waals surface area contributed by atoms with E-state index >= 15 is 0 Å². The highest BCUT2D eigenvalue weighted by atomic mass is 16.4. The van der Waals surface area contributed by atoms with Crippen LogP contribution in [0.15, 0.2) is 0 Å². The van der Waals surface area contributed by atoms with Crippen molar-refractivity contribution in [2.75, 3.05) is 7.05 Å². The van der Waals surface area contributed by atoms with Crippen molar-refractivity contribution in [1.82, 2.24) is 10.2 Å². The van der Waals surface area contributed by atoms with Crippen LogP contribution in [0, 0.1) is 0 Å². The molecule has 0 radical (unpaired) electrons. The number of aliphatic carboxylic acids is 1. The number of amides is 2. The van der Waals surface area contributed by atoms with E-state index in [1.807, 2.05) is 6.92 Å². The number of carboxylic acid groups (broad SMARTS) is 1. The van der Waals surface area contributed by atoms with E-state index < -0.39 is 23.6 Å². The topological polar surface area (TPSA) is 89.9 Å². The zero-order valence-electron chi connectivity index (χ0n) is 12.6. The van der Waals surface area contributed by atoms with E-state index in [0.29, 0.717) is 19.3 Å². The average molecular weight is 286 g/mol. The van der Waals surface area contributed by atoms with Crippen LogP contribution in [0.2, 0.25) is 0 Å². The van der Waals surface area contributed by atoms with Gasteiger partial charge >= 0.3 is 12.0 Å². The molecule has 0 aliphatic heterocycles. The normalized spacial score (nSPS) is 25.6. The van der Waals surface area contributed by atoms with E-state index in [1.54, 1.807) is 7.05 Å². The molecule has 1 aliphatic carbocycles. The SMILES string of the molecule is CCCC(C)(NC(=O)N(C)C1CCCCC1O)C(=O)O. The number of nitrogens with one attached hydrogen (secondary N) is 1. The molecule has 0 aromatic heterocycles. The Hall–Kier alpha value is -1.30. The van der Waals surface area contributed by atoms with Crippen molar-refractivity contribution < 1.29 is 19.8 Å². The van der Waals surface area contributed by atoms with Gasteiger partial charge in [-0.05, 0) is 26.2 Å². The fourth-order valence-electron chi connectivity index (χ4n) is 2.74. The molecule has 3 N–H and O–H groups in total. The van der Waals surface area contributed by atoms with Crippen LogP contribution in [0.25, 0.3) is 0 Å². The fourth-order valence-corrected chi connectivity index (χ4v) is 2.74. The summed E-state index contributed by atoms with van der Waals surface area (Å²) in [5, 5.41) is 21.8. The summed E-state index contributed by atoms with van der Waals surface area (Å²) in [5.41, 5.74) is -1.26. The van der Waals surface area contributed by atoms with Gasteiger partial charge in [-0.2, -0.15) is 0 Å². The molecule has 116 valence electrons. The van der Waals surface area contributed by atoms with Crippen LogP contribution in [0.3, 0.4) is 0 Å². The van der Waals surface area contributed by atoms with E-state index in [0.717, 1.165) is 19.3 Å². The van der Waals surface area contributed by atoms with Crippen LogP contribution in [0.4, 0.5) is 4.79 Å². The number of carbonyl (C=O) groups is 2. The molecule has 0 bridgehead atoms. The molecular weight excluding hydrogens is 260 g/mol. The van der Waals surface area contributed by atoms with Gasteiger partial charge in [0.1, 0.15) is 5.54 Å². The molecule has 2 amide bonds. The third kappa shape index (κ3) is 3.85. The molecule has 0 saturated heterocycles. The van der Waals surface area contributed by atoms with E-state index in [4.69, 9.17) is 0 Å². The van der Waals surface area contributed by atoms with Gasteiger partial charge in [-0.3, -0.25) is 0 Å². The van der Waals surface area contributed by atoms with Gasteiger partial charge in [0.25, 0.3) is 0 Å². The summed E-state index contributed by atoms with van der Waals surface area (Å²) in [6.45, 7) is 3.39. The van der Waals surface area contributed by atoms with E-state index in [1.165, 1.54) is 11.8 Å². The van der Waals surface area contributed by atoms with Crippen molar-refractivity contribution in [2.24, 2.45) is 0 Å². The van der Waals surface area contributed by atoms with Crippen LogP contribution >= 0.6 is 0 Å². The lowest BCUT2D eigenvalue weighted by molar-refractivity contribution is -0.144. The van der Waals surface area contributed by atoms with E-state index in [9.17, 15) is 19.8 Å². The Kier molecular flexibility index (Phi) is 5.80. The molecule has 0 spiro atoms. The van der Waals surface area contributed by atoms with Gasteiger partial charge in [-0.25, -0.2) is 9.59 Å².